The Morgan fingerprint density at radius 3 is 1.36 bits per heavy atom. The van der Waals surface area contributed by atoms with E-state index in [0.29, 0.717) is 0 Å². The molecule has 1 heteroatoms. The van der Waals surface area contributed by atoms with Crippen LogP contribution in [0.5, 0.6) is 0 Å². The largest absolute Gasteiger partial charge is 0.0622 e. The van der Waals surface area contributed by atoms with Gasteiger partial charge >= 0.3 is 0 Å². The van der Waals surface area contributed by atoms with Crippen LogP contribution in [-0.2, 0) is 0 Å². The lowest BCUT2D eigenvalue weighted by Gasteiger charge is -2.11. The molecule has 0 spiro atoms. The van der Waals surface area contributed by atoms with Crippen LogP contribution in [0.3, 0.4) is 0 Å². The van der Waals surface area contributed by atoms with Crippen molar-refractivity contribution in [3.8, 4) is 0 Å². The van der Waals surface area contributed by atoms with Gasteiger partial charge in [-0.2, -0.15) is 0 Å². The molecule has 2 rings (SSSR count). The maximum Gasteiger partial charge on any atom is -0.0195 e. The van der Waals surface area contributed by atoms with Crippen molar-refractivity contribution in [2.75, 3.05) is 0 Å². The molecule has 0 unspecified atom stereocenters. The van der Waals surface area contributed by atoms with E-state index in [1.807, 2.05) is 12.1 Å². The third kappa shape index (κ3) is 2.02. The lowest BCUT2D eigenvalue weighted by molar-refractivity contribution is 1.75. The van der Waals surface area contributed by atoms with Gasteiger partial charge in [-0.05, 0) is 25.2 Å². The van der Waals surface area contributed by atoms with Crippen molar-refractivity contribution in [2.24, 2.45) is 0 Å². The van der Waals surface area contributed by atoms with Gasteiger partial charge in [0.05, 0.1) is 0 Å². The molecule has 0 aromatic heterocycles. The van der Waals surface area contributed by atoms with Crippen LogP contribution in [0.1, 0.15) is 0 Å². The van der Waals surface area contributed by atoms with E-state index in [4.69, 9.17) is 0 Å². The van der Waals surface area contributed by atoms with Crippen molar-refractivity contribution in [1.82, 2.24) is 0 Å². The van der Waals surface area contributed by atoms with Crippen LogP contribution in [0.15, 0.2) is 60.7 Å². The Hall–Kier alpha value is -1.13. The van der Waals surface area contributed by atoms with Crippen molar-refractivity contribution in [2.45, 2.75) is 0 Å². The topological polar surface area (TPSA) is 0 Å². The van der Waals surface area contributed by atoms with E-state index in [9.17, 15) is 0 Å². The Kier molecular flexibility index (Phi) is 2.96. The number of benzene rings is 2. The summed E-state index contributed by atoms with van der Waals surface area (Å²) in [5.41, 5.74) is 0. The van der Waals surface area contributed by atoms with Crippen molar-refractivity contribution in [1.29, 1.82) is 0 Å². The molecular weight excluding hydrogens is 187 g/mol. The SMILES string of the molecule is [CH2]P(c1ccccc1)c1ccccc1. The second-order valence-corrected chi connectivity index (χ2v) is 4.99. The zero-order valence-corrected chi connectivity index (χ0v) is 8.82. The Labute approximate surface area is 86.4 Å². The summed E-state index contributed by atoms with van der Waals surface area (Å²) in [6.45, 7) is 4.24. The fraction of sp³-hybridized carbons (Fsp3) is 0. The van der Waals surface area contributed by atoms with Gasteiger partial charge < -0.3 is 0 Å². The van der Waals surface area contributed by atoms with Gasteiger partial charge in [-0.15, -0.1) is 0 Å². The first-order valence-electron chi connectivity index (χ1n) is 4.58. The number of rotatable bonds is 2. The van der Waals surface area contributed by atoms with Crippen molar-refractivity contribution in [3.63, 3.8) is 0 Å². The molecule has 0 aliphatic heterocycles. The molecule has 69 valence electrons. The lowest BCUT2D eigenvalue weighted by atomic mass is 10.4. The summed E-state index contributed by atoms with van der Waals surface area (Å²) in [4.78, 5) is 0. The van der Waals surface area contributed by atoms with Gasteiger partial charge in [0.15, 0.2) is 0 Å². The third-order valence-electron chi connectivity index (χ3n) is 2.14. The number of hydrogen-bond donors (Lipinski definition) is 0. The zero-order valence-electron chi connectivity index (χ0n) is 7.93. The van der Waals surface area contributed by atoms with Crippen LogP contribution < -0.4 is 10.6 Å². The van der Waals surface area contributed by atoms with E-state index in [0.717, 1.165) is 0 Å². The molecular formula is C13H12P. The van der Waals surface area contributed by atoms with E-state index in [-0.39, 0.29) is 0 Å². The highest BCUT2D eigenvalue weighted by Crippen LogP contribution is 2.30. The molecule has 1 radical (unpaired) electrons. The molecule has 2 aromatic rings. The summed E-state index contributed by atoms with van der Waals surface area (Å²) in [5, 5.41) is 2.66. The van der Waals surface area contributed by atoms with E-state index in [1.54, 1.807) is 0 Å². The van der Waals surface area contributed by atoms with Gasteiger partial charge in [0, 0.05) is 0 Å². The standard InChI is InChI=1S/C13H12P/c1-14(12-8-4-2-5-9-12)13-10-6-3-7-11-13/h2-11H,1H2. The first kappa shape index (κ1) is 9.43. The molecule has 0 saturated heterocycles. The van der Waals surface area contributed by atoms with Crippen LogP contribution in [-0.4, -0.2) is 0 Å². The van der Waals surface area contributed by atoms with Gasteiger partial charge in [-0.3, -0.25) is 0 Å². The molecule has 0 saturated carbocycles. The molecule has 2 aromatic carbocycles. The fourth-order valence-corrected chi connectivity index (χ4v) is 2.73. The minimum absolute atomic E-state index is 0.421. The van der Waals surface area contributed by atoms with Crippen LogP contribution in [0.25, 0.3) is 0 Å². The van der Waals surface area contributed by atoms with E-state index in [2.05, 4.69) is 55.2 Å². The van der Waals surface area contributed by atoms with Crippen LogP contribution in [0, 0.1) is 6.66 Å². The van der Waals surface area contributed by atoms with E-state index in [1.165, 1.54) is 10.6 Å². The highest BCUT2D eigenvalue weighted by molar-refractivity contribution is 7.74. The summed E-state index contributed by atoms with van der Waals surface area (Å²) < 4.78 is 0. The van der Waals surface area contributed by atoms with Gasteiger partial charge in [0.2, 0.25) is 0 Å². The quantitative estimate of drug-likeness (QED) is 0.652. The van der Waals surface area contributed by atoms with E-state index < -0.39 is 7.92 Å². The first-order valence-corrected chi connectivity index (χ1v) is 6.11. The second-order valence-electron chi connectivity index (χ2n) is 3.10. The van der Waals surface area contributed by atoms with E-state index >= 15 is 0 Å². The Morgan fingerprint density at radius 2 is 1.00 bits per heavy atom. The average Bonchev–Trinajstić information content (AvgIpc) is 2.30. The summed E-state index contributed by atoms with van der Waals surface area (Å²) in [6, 6.07) is 20.9. The average molecular weight is 199 g/mol. The van der Waals surface area contributed by atoms with Crippen molar-refractivity contribution >= 4 is 18.5 Å². The van der Waals surface area contributed by atoms with Crippen molar-refractivity contribution < 1.29 is 0 Å². The first-order chi connectivity index (χ1) is 6.88. The van der Waals surface area contributed by atoms with Crippen molar-refractivity contribution in [3.05, 3.63) is 67.3 Å². The molecule has 14 heavy (non-hydrogen) atoms. The molecule has 0 nitrogen and oxygen atoms in total. The van der Waals surface area contributed by atoms with Crippen LogP contribution >= 0.6 is 7.92 Å². The molecule has 0 N–H and O–H groups in total. The summed E-state index contributed by atoms with van der Waals surface area (Å²) >= 11 is 0. The normalized spacial score (nSPS) is 10.4. The lowest BCUT2D eigenvalue weighted by Crippen LogP contribution is -2.08. The van der Waals surface area contributed by atoms with Crippen LogP contribution in [0.2, 0.25) is 0 Å². The summed E-state index contributed by atoms with van der Waals surface area (Å²) in [5.74, 6) is 0. The monoisotopic (exact) mass is 199 g/mol. The second kappa shape index (κ2) is 4.39. The molecule has 0 heterocycles. The maximum atomic E-state index is 4.24. The van der Waals surface area contributed by atoms with Crippen LogP contribution in [0.4, 0.5) is 0 Å². The summed E-state index contributed by atoms with van der Waals surface area (Å²) in [7, 11) is -0.421. The Balaban J connectivity index is 2.30. The molecule has 0 aliphatic rings. The minimum atomic E-state index is -0.421. The highest BCUT2D eigenvalue weighted by atomic mass is 31.1. The summed E-state index contributed by atoms with van der Waals surface area (Å²) in [6.07, 6.45) is 0. The van der Waals surface area contributed by atoms with Gasteiger partial charge in [-0.1, -0.05) is 60.7 Å². The molecule has 0 amide bonds. The highest BCUT2D eigenvalue weighted by Gasteiger charge is 2.05. The van der Waals surface area contributed by atoms with Gasteiger partial charge in [0.1, 0.15) is 0 Å². The smallest absolute Gasteiger partial charge is 0.0195 e. The third-order valence-corrected chi connectivity index (χ3v) is 3.98. The maximum absolute atomic E-state index is 4.24. The zero-order chi connectivity index (χ0) is 9.80. The Morgan fingerprint density at radius 1 is 0.643 bits per heavy atom. The molecule has 0 atom stereocenters. The Bertz CT molecular complexity index is 341. The van der Waals surface area contributed by atoms with Gasteiger partial charge in [0.25, 0.3) is 0 Å². The minimum Gasteiger partial charge on any atom is -0.0622 e. The molecule has 0 fully saturated rings. The van der Waals surface area contributed by atoms with Gasteiger partial charge in [-0.25, -0.2) is 0 Å². The predicted octanol–water partition coefficient (Wildman–Crippen LogP) is 2.91. The fourth-order valence-electron chi connectivity index (χ4n) is 1.36. The molecule has 0 bridgehead atoms. The molecule has 0 aliphatic carbocycles. The number of hydrogen-bond acceptors (Lipinski definition) is 0. The predicted molar refractivity (Wildman–Crippen MR) is 64.4 cm³/mol.